The second-order valence-electron chi connectivity index (χ2n) is 6.42. The molecule has 1 amide bonds. The number of amides is 1. The maximum Gasteiger partial charge on any atom is 0.249 e. The smallest absolute Gasteiger partial charge is 0.249 e. The first-order valence-corrected chi connectivity index (χ1v) is 9.40. The first-order chi connectivity index (χ1) is 11.7. The second kappa shape index (κ2) is 6.27. The van der Waals surface area contributed by atoms with E-state index in [1.807, 2.05) is 24.3 Å². The van der Waals surface area contributed by atoms with Crippen molar-refractivity contribution in [1.29, 1.82) is 0 Å². The molecule has 0 saturated carbocycles. The predicted molar refractivity (Wildman–Crippen MR) is 91.3 cm³/mol. The Kier molecular flexibility index (Phi) is 4.42. The molecule has 2 aromatic rings. The number of carbonyl (C=O) groups excluding carboxylic acids is 1. The van der Waals surface area contributed by atoms with Crippen LogP contribution in [0.3, 0.4) is 0 Å². The lowest BCUT2D eigenvalue weighted by molar-refractivity contribution is -0.133. The molecule has 0 spiro atoms. The van der Waals surface area contributed by atoms with Gasteiger partial charge < -0.3 is 9.42 Å². The van der Waals surface area contributed by atoms with Gasteiger partial charge in [0.2, 0.25) is 15.9 Å². The van der Waals surface area contributed by atoms with Crippen molar-refractivity contribution in [2.45, 2.75) is 37.8 Å². The molecule has 1 atom stereocenters. The lowest BCUT2D eigenvalue weighted by Gasteiger charge is -2.36. The maximum absolute atomic E-state index is 13.3. The first-order valence-electron chi connectivity index (χ1n) is 7.96. The highest BCUT2D eigenvalue weighted by Gasteiger charge is 2.42. The normalized spacial score (nSPS) is 18.0. The van der Waals surface area contributed by atoms with Gasteiger partial charge in [-0.3, -0.25) is 4.79 Å². The highest BCUT2D eigenvalue weighted by atomic mass is 32.2. The van der Waals surface area contributed by atoms with E-state index in [1.165, 1.54) is 9.21 Å². The molecule has 0 unspecified atom stereocenters. The van der Waals surface area contributed by atoms with Crippen LogP contribution < -0.4 is 0 Å². The standard InChI is InChI=1S/C17H21N3O4S/c1-11-16(12(2)24-18-11)25(22,23)20-10-14-8-6-5-7-13(14)9-15(20)17(21)19(3)4/h5-8,15H,9-10H2,1-4H3/t15-/m1/s1. The molecule has 0 saturated heterocycles. The number of hydrogen-bond acceptors (Lipinski definition) is 5. The summed E-state index contributed by atoms with van der Waals surface area (Å²) in [6, 6.07) is 6.80. The number of nitrogens with zero attached hydrogens (tertiary/aromatic N) is 3. The van der Waals surface area contributed by atoms with Gasteiger partial charge in [-0.1, -0.05) is 29.4 Å². The minimum absolute atomic E-state index is 0.0448. The molecule has 25 heavy (non-hydrogen) atoms. The summed E-state index contributed by atoms with van der Waals surface area (Å²) in [5.74, 6) is -0.0164. The molecular weight excluding hydrogens is 342 g/mol. The van der Waals surface area contributed by atoms with E-state index in [1.54, 1.807) is 27.9 Å². The number of sulfonamides is 1. The van der Waals surface area contributed by atoms with Crippen molar-refractivity contribution in [1.82, 2.24) is 14.4 Å². The second-order valence-corrected chi connectivity index (χ2v) is 8.25. The van der Waals surface area contributed by atoms with Crippen molar-refractivity contribution in [3.05, 3.63) is 46.8 Å². The molecule has 1 aromatic carbocycles. The van der Waals surface area contributed by atoms with Gasteiger partial charge in [-0.25, -0.2) is 8.42 Å². The fourth-order valence-corrected chi connectivity index (χ4v) is 5.07. The summed E-state index contributed by atoms with van der Waals surface area (Å²) >= 11 is 0. The van der Waals surface area contributed by atoms with E-state index in [0.717, 1.165) is 11.1 Å². The number of aryl methyl sites for hydroxylation is 2. The number of hydrogen-bond donors (Lipinski definition) is 0. The van der Waals surface area contributed by atoms with Crippen molar-refractivity contribution >= 4 is 15.9 Å². The van der Waals surface area contributed by atoms with E-state index in [-0.39, 0.29) is 23.1 Å². The molecule has 7 nitrogen and oxygen atoms in total. The molecule has 8 heteroatoms. The van der Waals surface area contributed by atoms with Crippen LogP contribution in [0.1, 0.15) is 22.6 Å². The third-order valence-corrected chi connectivity index (χ3v) is 6.57. The summed E-state index contributed by atoms with van der Waals surface area (Å²) in [6.45, 7) is 3.30. The Labute approximate surface area is 147 Å². The Balaban J connectivity index is 2.12. The third kappa shape index (κ3) is 2.96. The number of rotatable bonds is 3. The van der Waals surface area contributed by atoms with Gasteiger partial charge in [0.05, 0.1) is 0 Å². The fourth-order valence-electron chi connectivity index (χ4n) is 3.22. The Bertz CT molecular complexity index is 898. The van der Waals surface area contributed by atoms with E-state index in [2.05, 4.69) is 5.16 Å². The summed E-state index contributed by atoms with van der Waals surface area (Å²) in [6.07, 6.45) is 0.343. The number of aromatic nitrogens is 1. The molecule has 1 aromatic heterocycles. The largest absolute Gasteiger partial charge is 0.360 e. The molecule has 1 aliphatic heterocycles. The van der Waals surface area contributed by atoms with Crippen LogP contribution in [0, 0.1) is 13.8 Å². The molecule has 1 aliphatic rings. The van der Waals surface area contributed by atoms with Crippen LogP contribution >= 0.6 is 0 Å². The molecule has 2 heterocycles. The van der Waals surface area contributed by atoms with Crippen molar-refractivity contribution in [3.8, 4) is 0 Å². The van der Waals surface area contributed by atoms with Crippen LogP contribution in [0.4, 0.5) is 0 Å². The summed E-state index contributed by atoms with van der Waals surface area (Å²) < 4.78 is 32.9. The van der Waals surface area contributed by atoms with Crippen molar-refractivity contribution in [3.63, 3.8) is 0 Å². The van der Waals surface area contributed by atoms with Crippen molar-refractivity contribution in [2.75, 3.05) is 14.1 Å². The van der Waals surface area contributed by atoms with E-state index in [4.69, 9.17) is 4.52 Å². The van der Waals surface area contributed by atoms with Gasteiger partial charge in [-0.2, -0.15) is 4.31 Å². The van der Waals surface area contributed by atoms with Gasteiger partial charge in [0.25, 0.3) is 0 Å². The number of likely N-dealkylation sites (N-methyl/N-ethyl adjacent to an activating group) is 1. The van der Waals surface area contributed by atoms with E-state index in [0.29, 0.717) is 12.1 Å². The summed E-state index contributed by atoms with van der Waals surface area (Å²) in [7, 11) is -0.664. The van der Waals surface area contributed by atoms with Crippen molar-refractivity contribution in [2.24, 2.45) is 0 Å². The predicted octanol–water partition coefficient (Wildman–Crippen LogP) is 1.50. The Morgan fingerprint density at radius 2 is 1.88 bits per heavy atom. The lowest BCUT2D eigenvalue weighted by atomic mass is 9.95. The minimum atomic E-state index is -3.92. The molecular formula is C17H21N3O4S. The summed E-state index contributed by atoms with van der Waals surface area (Å²) in [5.41, 5.74) is 2.20. The zero-order chi connectivity index (χ0) is 18.4. The van der Waals surface area contributed by atoms with Crippen LogP contribution in [0.5, 0.6) is 0 Å². The van der Waals surface area contributed by atoms with Crippen LogP contribution in [-0.4, -0.2) is 48.8 Å². The Morgan fingerprint density at radius 1 is 1.24 bits per heavy atom. The van der Waals surface area contributed by atoms with E-state index in [9.17, 15) is 13.2 Å². The lowest BCUT2D eigenvalue weighted by Crippen LogP contribution is -2.52. The molecule has 0 radical (unpaired) electrons. The zero-order valence-electron chi connectivity index (χ0n) is 14.7. The highest BCUT2D eigenvalue weighted by Crippen LogP contribution is 2.32. The third-order valence-electron chi connectivity index (χ3n) is 4.47. The van der Waals surface area contributed by atoms with E-state index < -0.39 is 16.1 Å². The molecule has 0 bridgehead atoms. The van der Waals surface area contributed by atoms with Crippen molar-refractivity contribution < 1.29 is 17.7 Å². The topological polar surface area (TPSA) is 83.7 Å². The SMILES string of the molecule is Cc1noc(C)c1S(=O)(=O)N1Cc2ccccc2C[C@@H]1C(=O)N(C)C. The van der Waals surface area contributed by atoms with Crippen LogP contribution in [0.25, 0.3) is 0 Å². The van der Waals surface area contributed by atoms with Gasteiger partial charge in [0.1, 0.15) is 16.6 Å². The molecule has 3 rings (SSSR count). The van der Waals surface area contributed by atoms with Crippen LogP contribution in [0.2, 0.25) is 0 Å². The molecule has 0 fully saturated rings. The van der Waals surface area contributed by atoms with Gasteiger partial charge in [-0.05, 0) is 31.4 Å². The molecule has 0 N–H and O–H groups in total. The quantitative estimate of drug-likeness (QED) is 0.825. The molecule has 134 valence electrons. The van der Waals surface area contributed by atoms with Crippen LogP contribution in [-0.2, 0) is 27.8 Å². The average Bonchev–Trinajstić information content (AvgIpc) is 2.92. The minimum Gasteiger partial charge on any atom is -0.360 e. The Morgan fingerprint density at radius 3 is 2.44 bits per heavy atom. The summed E-state index contributed by atoms with van der Waals surface area (Å²) in [5, 5.41) is 3.75. The average molecular weight is 363 g/mol. The van der Waals surface area contributed by atoms with Gasteiger partial charge in [0.15, 0.2) is 5.76 Å². The zero-order valence-corrected chi connectivity index (χ0v) is 15.5. The van der Waals surface area contributed by atoms with Gasteiger partial charge >= 0.3 is 0 Å². The fraction of sp³-hybridized carbons (Fsp3) is 0.412. The maximum atomic E-state index is 13.3. The number of carbonyl (C=O) groups is 1. The molecule has 0 aliphatic carbocycles. The number of fused-ring (bicyclic) bond motifs is 1. The Hall–Kier alpha value is -2.19. The highest BCUT2D eigenvalue weighted by molar-refractivity contribution is 7.89. The van der Waals surface area contributed by atoms with Gasteiger partial charge in [-0.15, -0.1) is 0 Å². The summed E-state index contributed by atoms with van der Waals surface area (Å²) in [4.78, 5) is 14.2. The first kappa shape index (κ1) is 17.6. The van der Waals surface area contributed by atoms with Crippen LogP contribution in [0.15, 0.2) is 33.7 Å². The monoisotopic (exact) mass is 363 g/mol. The van der Waals surface area contributed by atoms with E-state index >= 15 is 0 Å². The van der Waals surface area contributed by atoms with Gasteiger partial charge in [0, 0.05) is 20.6 Å². The number of benzene rings is 1.